The van der Waals surface area contributed by atoms with Crippen LogP contribution in [0.2, 0.25) is 0 Å². The topological polar surface area (TPSA) is 71.1 Å². The molecule has 0 saturated carbocycles. The molecular weight excluding hydrogens is 278 g/mol. The van der Waals surface area contributed by atoms with E-state index in [2.05, 4.69) is 35.5 Å². The first-order valence-corrected chi connectivity index (χ1v) is 7.53. The molecule has 1 saturated heterocycles. The fourth-order valence-electron chi connectivity index (χ4n) is 2.86. The highest BCUT2D eigenvalue weighted by Gasteiger charge is 2.26. The highest BCUT2D eigenvalue weighted by Crippen LogP contribution is 2.31. The Morgan fingerprint density at radius 3 is 2.77 bits per heavy atom. The number of amides is 2. The molecule has 22 heavy (non-hydrogen) atoms. The van der Waals surface area contributed by atoms with E-state index in [0.717, 1.165) is 16.5 Å². The molecule has 0 radical (unpaired) electrons. The first-order valence-electron chi connectivity index (χ1n) is 7.53. The number of carbonyl (C=O) groups excluding carboxylic acids is 2. The summed E-state index contributed by atoms with van der Waals surface area (Å²) < 4.78 is 0. The molecule has 2 N–H and O–H groups in total. The van der Waals surface area contributed by atoms with E-state index in [9.17, 15) is 9.59 Å². The first-order chi connectivity index (χ1) is 10.6. The number of anilines is 1. The van der Waals surface area contributed by atoms with Crippen molar-refractivity contribution in [1.29, 1.82) is 0 Å². The third-order valence-corrected chi connectivity index (χ3v) is 4.04. The van der Waals surface area contributed by atoms with Crippen LogP contribution in [0, 0.1) is 0 Å². The monoisotopic (exact) mass is 297 g/mol. The van der Waals surface area contributed by atoms with Gasteiger partial charge in [-0.25, -0.2) is 0 Å². The highest BCUT2D eigenvalue weighted by molar-refractivity contribution is 6.03. The van der Waals surface area contributed by atoms with Crippen LogP contribution in [0.1, 0.15) is 38.2 Å². The lowest BCUT2D eigenvalue weighted by molar-refractivity contribution is -0.133. The molecule has 2 amide bonds. The summed E-state index contributed by atoms with van der Waals surface area (Å²) in [5.41, 5.74) is 2.13. The van der Waals surface area contributed by atoms with Gasteiger partial charge in [-0.05, 0) is 35.4 Å². The summed E-state index contributed by atoms with van der Waals surface area (Å²) in [4.78, 5) is 27.3. The minimum atomic E-state index is -0.383. The molecule has 1 unspecified atom stereocenters. The van der Waals surface area contributed by atoms with Crippen molar-refractivity contribution in [2.45, 2.75) is 38.6 Å². The molecule has 5 heteroatoms. The fourth-order valence-corrected chi connectivity index (χ4v) is 2.86. The van der Waals surface area contributed by atoms with Gasteiger partial charge in [-0.15, -0.1) is 0 Å². The van der Waals surface area contributed by atoms with Gasteiger partial charge in [0.1, 0.15) is 6.04 Å². The molecule has 1 atom stereocenters. The second-order valence-electron chi connectivity index (χ2n) is 5.93. The van der Waals surface area contributed by atoms with Crippen LogP contribution in [0.15, 0.2) is 30.6 Å². The minimum Gasteiger partial charge on any atom is -0.373 e. The van der Waals surface area contributed by atoms with Crippen LogP contribution in [-0.4, -0.2) is 22.8 Å². The molecule has 1 aromatic carbocycles. The largest absolute Gasteiger partial charge is 0.373 e. The number of hydrogen-bond donors (Lipinski definition) is 2. The first kappa shape index (κ1) is 14.5. The van der Waals surface area contributed by atoms with Crippen molar-refractivity contribution in [3.8, 4) is 0 Å². The summed E-state index contributed by atoms with van der Waals surface area (Å²) in [6, 6.07) is 5.69. The van der Waals surface area contributed by atoms with E-state index in [-0.39, 0.29) is 17.9 Å². The molecule has 2 heterocycles. The minimum absolute atomic E-state index is 0.204. The molecule has 3 rings (SSSR count). The SMILES string of the molecule is CC(C)c1ccc(NC2CCC(=O)NC2=O)c2cnccc12. The number of carbonyl (C=O) groups is 2. The Labute approximate surface area is 129 Å². The van der Waals surface area contributed by atoms with Crippen LogP contribution in [0.3, 0.4) is 0 Å². The number of imide groups is 1. The van der Waals surface area contributed by atoms with Gasteiger partial charge in [-0.3, -0.25) is 19.9 Å². The fraction of sp³-hybridized carbons (Fsp3) is 0.353. The summed E-state index contributed by atoms with van der Waals surface area (Å²) in [7, 11) is 0. The number of aromatic nitrogens is 1. The van der Waals surface area contributed by atoms with E-state index < -0.39 is 0 Å². The van der Waals surface area contributed by atoms with Crippen molar-refractivity contribution in [3.63, 3.8) is 0 Å². The van der Waals surface area contributed by atoms with Crippen LogP contribution in [0.25, 0.3) is 10.8 Å². The number of benzene rings is 1. The molecule has 5 nitrogen and oxygen atoms in total. The van der Waals surface area contributed by atoms with Gasteiger partial charge < -0.3 is 5.32 Å². The van der Waals surface area contributed by atoms with E-state index in [4.69, 9.17) is 0 Å². The van der Waals surface area contributed by atoms with Gasteiger partial charge in [0, 0.05) is 29.9 Å². The van der Waals surface area contributed by atoms with Crippen molar-refractivity contribution >= 4 is 28.3 Å². The maximum atomic E-state index is 11.9. The maximum Gasteiger partial charge on any atom is 0.249 e. The zero-order chi connectivity index (χ0) is 15.7. The van der Waals surface area contributed by atoms with E-state index >= 15 is 0 Å². The zero-order valence-electron chi connectivity index (χ0n) is 12.7. The van der Waals surface area contributed by atoms with Crippen LogP contribution < -0.4 is 10.6 Å². The average molecular weight is 297 g/mol. The number of rotatable bonds is 3. The van der Waals surface area contributed by atoms with E-state index in [1.165, 1.54) is 5.56 Å². The van der Waals surface area contributed by atoms with Crippen molar-refractivity contribution in [1.82, 2.24) is 10.3 Å². The van der Waals surface area contributed by atoms with E-state index in [1.54, 1.807) is 6.20 Å². The van der Waals surface area contributed by atoms with Gasteiger partial charge in [-0.1, -0.05) is 19.9 Å². The second kappa shape index (κ2) is 5.75. The molecule has 0 bridgehead atoms. The Morgan fingerprint density at radius 2 is 2.05 bits per heavy atom. The van der Waals surface area contributed by atoms with Crippen LogP contribution in [0.4, 0.5) is 5.69 Å². The lowest BCUT2D eigenvalue weighted by atomic mass is 9.95. The number of hydrogen-bond acceptors (Lipinski definition) is 4. The normalized spacial score (nSPS) is 18.6. The van der Waals surface area contributed by atoms with Gasteiger partial charge in [0.25, 0.3) is 0 Å². The van der Waals surface area contributed by atoms with Gasteiger partial charge in [0.05, 0.1) is 0 Å². The average Bonchev–Trinajstić information content (AvgIpc) is 2.50. The third kappa shape index (κ3) is 2.66. The number of fused-ring (bicyclic) bond motifs is 1. The van der Waals surface area contributed by atoms with Gasteiger partial charge in [0.15, 0.2) is 0 Å². The Morgan fingerprint density at radius 1 is 1.23 bits per heavy atom. The van der Waals surface area contributed by atoms with Gasteiger partial charge in [0.2, 0.25) is 11.8 Å². The molecule has 2 aromatic rings. The summed E-state index contributed by atoms with van der Waals surface area (Å²) in [5.74, 6) is -0.0551. The van der Waals surface area contributed by atoms with Crippen molar-refractivity contribution in [2.24, 2.45) is 0 Å². The zero-order valence-corrected chi connectivity index (χ0v) is 12.7. The van der Waals surface area contributed by atoms with Crippen molar-refractivity contribution < 1.29 is 9.59 Å². The van der Waals surface area contributed by atoms with Gasteiger partial charge >= 0.3 is 0 Å². The lowest BCUT2D eigenvalue weighted by Crippen LogP contribution is -2.47. The molecule has 1 aliphatic heterocycles. The Balaban J connectivity index is 1.96. The summed E-state index contributed by atoms with van der Waals surface area (Å²) in [6.07, 6.45) is 4.47. The number of nitrogens with zero attached hydrogens (tertiary/aromatic N) is 1. The van der Waals surface area contributed by atoms with Gasteiger partial charge in [-0.2, -0.15) is 0 Å². The molecule has 1 aliphatic rings. The number of piperidine rings is 1. The van der Waals surface area contributed by atoms with Crippen LogP contribution >= 0.6 is 0 Å². The summed E-state index contributed by atoms with van der Waals surface area (Å²) in [6.45, 7) is 4.31. The lowest BCUT2D eigenvalue weighted by Gasteiger charge is -2.24. The maximum absolute atomic E-state index is 11.9. The summed E-state index contributed by atoms with van der Waals surface area (Å²) in [5, 5.41) is 7.77. The Hall–Kier alpha value is -2.43. The van der Waals surface area contributed by atoms with Crippen LogP contribution in [-0.2, 0) is 9.59 Å². The number of pyridine rings is 1. The molecule has 1 aromatic heterocycles. The quantitative estimate of drug-likeness (QED) is 0.854. The molecule has 1 fully saturated rings. The Bertz CT molecular complexity index is 740. The second-order valence-corrected chi connectivity index (χ2v) is 5.93. The summed E-state index contributed by atoms with van der Waals surface area (Å²) >= 11 is 0. The molecule has 0 spiro atoms. The Kier molecular flexibility index (Phi) is 3.79. The molecule has 0 aliphatic carbocycles. The number of nitrogens with one attached hydrogen (secondary N) is 2. The highest BCUT2D eigenvalue weighted by atomic mass is 16.2. The third-order valence-electron chi connectivity index (χ3n) is 4.04. The molecule has 114 valence electrons. The predicted molar refractivity (Wildman–Crippen MR) is 85.6 cm³/mol. The predicted octanol–water partition coefficient (Wildman–Crippen LogP) is 2.58. The van der Waals surface area contributed by atoms with E-state index in [0.29, 0.717) is 18.8 Å². The molecular formula is C17H19N3O2. The van der Waals surface area contributed by atoms with Crippen molar-refractivity contribution in [3.05, 3.63) is 36.2 Å². The standard InChI is InChI=1S/C17H19N3O2/c1-10(2)11-3-4-14(13-9-18-8-7-12(11)13)19-15-5-6-16(21)20-17(15)22/h3-4,7-10,15,19H,5-6H2,1-2H3,(H,20,21,22). The smallest absolute Gasteiger partial charge is 0.249 e. The van der Waals surface area contributed by atoms with Crippen LogP contribution in [0.5, 0.6) is 0 Å². The van der Waals surface area contributed by atoms with E-state index in [1.807, 2.05) is 18.3 Å². The van der Waals surface area contributed by atoms with Crippen molar-refractivity contribution in [2.75, 3.05) is 5.32 Å².